The number of rotatable bonds is 3. The average Bonchev–Trinajstić information content (AvgIpc) is 3.10. The molecule has 4 heterocycles. The number of likely N-dealkylation sites (tertiary alicyclic amines) is 1. The second kappa shape index (κ2) is 5.81. The van der Waals surface area contributed by atoms with Gasteiger partial charge in [0.1, 0.15) is 5.60 Å². The van der Waals surface area contributed by atoms with Crippen molar-refractivity contribution in [1.82, 2.24) is 14.9 Å². The summed E-state index contributed by atoms with van der Waals surface area (Å²) in [5, 5.41) is 3.52. The van der Waals surface area contributed by atoms with E-state index in [1.54, 1.807) is 7.05 Å². The van der Waals surface area contributed by atoms with Gasteiger partial charge in [0.05, 0.1) is 11.5 Å². The molecule has 2 aliphatic heterocycles. The molecule has 0 bridgehead atoms. The van der Waals surface area contributed by atoms with Gasteiger partial charge in [0.15, 0.2) is 5.13 Å². The van der Waals surface area contributed by atoms with E-state index in [2.05, 4.69) is 20.2 Å². The molecule has 1 N–H and O–H groups in total. The summed E-state index contributed by atoms with van der Waals surface area (Å²) in [5.41, 5.74) is 2.14. The normalized spacial score (nSPS) is 24.1. The van der Waals surface area contributed by atoms with Crippen molar-refractivity contribution in [3.8, 4) is 0 Å². The zero-order valence-electron chi connectivity index (χ0n) is 13.0. The van der Waals surface area contributed by atoms with Gasteiger partial charge in [-0.05, 0) is 31.0 Å². The van der Waals surface area contributed by atoms with E-state index in [9.17, 15) is 4.39 Å². The number of hydrogen-bond acceptors (Lipinski definition) is 6. The highest BCUT2D eigenvalue weighted by molar-refractivity contribution is 7.15. The molecule has 23 heavy (non-hydrogen) atoms. The lowest BCUT2D eigenvalue weighted by Crippen LogP contribution is -2.45. The van der Waals surface area contributed by atoms with Crippen LogP contribution in [0.3, 0.4) is 0 Å². The number of hydrogen-bond donors (Lipinski definition) is 1. The lowest BCUT2D eigenvalue weighted by molar-refractivity contribution is -0.0872. The van der Waals surface area contributed by atoms with Gasteiger partial charge in [0, 0.05) is 38.1 Å². The van der Waals surface area contributed by atoms with Gasteiger partial charge in [-0.25, -0.2) is 0 Å². The summed E-state index contributed by atoms with van der Waals surface area (Å²) in [4.78, 5) is 11.1. The summed E-state index contributed by atoms with van der Waals surface area (Å²) in [6.07, 6.45) is 5.77. The summed E-state index contributed by atoms with van der Waals surface area (Å²) >= 11 is 1.38. The van der Waals surface area contributed by atoms with Crippen LogP contribution in [0.4, 0.5) is 9.52 Å². The van der Waals surface area contributed by atoms with Gasteiger partial charge in [-0.1, -0.05) is 11.3 Å². The molecule has 122 valence electrons. The first-order chi connectivity index (χ1) is 11.2. The molecule has 7 heteroatoms. The highest BCUT2D eigenvalue weighted by Gasteiger charge is 2.43. The van der Waals surface area contributed by atoms with E-state index in [1.165, 1.54) is 22.5 Å². The van der Waals surface area contributed by atoms with Crippen molar-refractivity contribution < 1.29 is 9.13 Å². The Hall–Kier alpha value is -1.57. The highest BCUT2D eigenvalue weighted by atomic mass is 32.1. The molecule has 0 amide bonds. The zero-order valence-corrected chi connectivity index (χ0v) is 13.8. The van der Waals surface area contributed by atoms with Crippen molar-refractivity contribution in [3.05, 3.63) is 40.4 Å². The number of nitrogens with zero attached hydrogens (tertiary/aromatic N) is 3. The number of ether oxygens (including phenoxy) is 1. The van der Waals surface area contributed by atoms with E-state index in [0.29, 0.717) is 23.2 Å². The van der Waals surface area contributed by atoms with Crippen LogP contribution in [0, 0.1) is 5.95 Å². The van der Waals surface area contributed by atoms with Crippen LogP contribution in [0.2, 0.25) is 0 Å². The maximum absolute atomic E-state index is 14.0. The Kier molecular flexibility index (Phi) is 3.79. The first kappa shape index (κ1) is 15.0. The fourth-order valence-electron chi connectivity index (χ4n) is 3.57. The van der Waals surface area contributed by atoms with Gasteiger partial charge in [0.2, 0.25) is 5.95 Å². The molecule has 1 saturated heterocycles. The second-order valence-electron chi connectivity index (χ2n) is 6.11. The predicted octanol–water partition coefficient (Wildman–Crippen LogP) is 2.74. The first-order valence-electron chi connectivity index (χ1n) is 7.83. The van der Waals surface area contributed by atoms with Crippen molar-refractivity contribution >= 4 is 16.5 Å². The van der Waals surface area contributed by atoms with Gasteiger partial charge in [-0.3, -0.25) is 9.88 Å². The number of anilines is 1. The fraction of sp³-hybridized carbons (Fsp3) is 0.500. The highest BCUT2D eigenvalue weighted by Crippen LogP contribution is 2.42. The van der Waals surface area contributed by atoms with Crippen molar-refractivity contribution in [2.75, 3.05) is 25.5 Å². The van der Waals surface area contributed by atoms with Gasteiger partial charge in [0.25, 0.3) is 0 Å². The number of pyridine rings is 1. The van der Waals surface area contributed by atoms with Crippen molar-refractivity contribution in [2.24, 2.45) is 0 Å². The van der Waals surface area contributed by atoms with Crippen LogP contribution in [0.1, 0.15) is 28.8 Å². The Labute approximate surface area is 138 Å². The number of thiazole rings is 1. The van der Waals surface area contributed by atoms with Crippen molar-refractivity contribution in [3.63, 3.8) is 0 Å². The summed E-state index contributed by atoms with van der Waals surface area (Å²) < 4.78 is 20.1. The standard InChI is InChI=1S/C16H19FN4OS/c1-18-15-20-14(17)13(23-15)8-21-6-2-4-16(10-21)12-7-19-5-3-11(12)9-22-16/h3,5,7H,2,4,6,8-10H2,1H3,(H,18,20). The molecule has 2 aromatic heterocycles. The Bertz CT molecular complexity index is 718. The van der Waals surface area contributed by atoms with Gasteiger partial charge >= 0.3 is 0 Å². The summed E-state index contributed by atoms with van der Waals surface area (Å²) in [6, 6.07) is 2.03. The Balaban J connectivity index is 1.55. The van der Waals surface area contributed by atoms with Crippen molar-refractivity contribution in [1.29, 1.82) is 0 Å². The molecular formula is C16H19FN4OS. The average molecular weight is 334 g/mol. The monoisotopic (exact) mass is 334 g/mol. The number of piperidine rings is 1. The van der Waals surface area contributed by atoms with E-state index >= 15 is 0 Å². The van der Waals surface area contributed by atoms with Crippen LogP contribution in [-0.4, -0.2) is 35.0 Å². The Morgan fingerprint density at radius 2 is 2.43 bits per heavy atom. The van der Waals surface area contributed by atoms with E-state index in [0.717, 1.165) is 25.9 Å². The molecule has 0 aromatic carbocycles. The SMILES string of the molecule is CNc1nc(F)c(CN2CCCC3(C2)OCc2ccncc23)s1. The maximum atomic E-state index is 14.0. The quantitative estimate of drug-likeness (QED) is 0.935. The van der Waals surface area contributed by atoms with Crippen molar-refractivity contribution in [2.45, 2.75) is 31.6 Å². The lowest BCUT2D eigenvalue weighted by atomic mass is 9.86. The smallest absolute Gasteiger partial charge is 0.230 e. The Morgan fingerprint density at radius 1 is 1.52 bits per heavy atom. The van der Waals surface area contributed by atoms with E-state index in [-0.39, 0.29) is 11.5 Å². The third kappa shape index (κ3) is 2.62. The van der Waals surface area contributed by atoms with E-state index in [4.69, 9.17) is 4.74 Å². The summed E-state index contributed by atoms with van der Waals surface area (Å²) in [7, 11) is 1.76. The molecule has 2 aromatic rings. The number of halogens is 1. The number of aromatic nitrogens is 2. The molecular weight excluding hydrogens is 315 g/mol. The van der Waals surface area contributed by atoms with Crippen LogP contribution in [-0.2, 0) is 23.5 Å². The van der Waals surface area contributed by atoms with E-state index in [1.807, 2.05) is 18.5 Å². The number of nitrogens with one attached hydrogen (secondary N) is 1. The van der Waals surface area contributed by atoms with Crippen LogP contribution in [0.15, 0.2) is 18.5 Å². The first-order valence-corrected chi connectivity index (χ1v) is 8.64. The van der Waals surface area contributed by atoms with Crippen LogP contribution >= 0.6 is 11.3 Å². The zero-order chi connectivity index (χ0) is 15.9. The molecule has 1 spiro atoms. The predicted molar refractivity (Wildman–Crippen MR) is 86.8 cm³/mol. The lowest BCUT2D eigenvalue weighted by Gasteiger charge is -2.40. The third-order valence-corrected chi connectivity index (χ3v) is 5.70. The third-order valence-electron chi connectivity index (χ3n) is 4.67. The summed E-state index contributed by atoms with van der Waals surface area (Å²) in [5.74, 6) is -0.367. The van der Waals surface area contributed by atoms with Gasteiger partial charge in [-0.15, -0.1) is 0 Å². The number of fused-ring (bicyclic) bond motifs is 2. The minimum atomic E-state index is -0.367. The topological polar surface area (TPSA) is 50.3 Å². The molecule has 0 radical (unpaired) electrons. The van der Waals surface area contributed by atoms with Crippen LogP contribution in [0.5, 0.6) is 0 Å². The maximum Gasteiger partial charge on any atom is 0.230 e. The fourth-order valence-corrected chi connectivity index (χ4v) is 4.41. The second-order valence-corrected chi connectivity index (χ2v) is 7.20. The van der Waals surface area contributed by atoms with Crippen LogP contribution < -0.4 is 5.32 Å². The minimum absolute atomic E-state index is 0.283. The molecule has 0 saturated carbocycles. The molecule has 5 nitrogen and oxygen atoms in total. The van der Waals surface area contributed by atoms with Gasteiger partial charge in [-0.2, -0.15) is 9.37 Å². The molecule has 1 unspecified atom stereocenters. The molecule has 4 rings (SSSR count). The molecule has 1 fully saturated rings. The molecule has 0 aliphatic carbocycles. The Morgan fingerprint density at radius 3 is 3.26 bits per heavy atom. The molecule has 2 aliphatic rings. The minimum Gasteiger partial charge on any atom is -0.365 e. The van der Waals surface area contributed by atoms with E-state index < -0.39 is 0 Å². The van der Waals surface area contributed by atoms with Crippen LogP contribution in [0.25, 0.3) is 0 Å². The summed E-state index contributed by atoms with van der Waals surface area (Å²) in [6.45, 7) is 2.95. The molecule has 1 atom stereocenters. The largest absolute Gasteiger partial charge is 0.365 e. The van der Waals surface area contributed by atoms with Gasteiger partial charge < -0.3 is 10.1 Å².